The number of likely N-dealkylation sites (N-methyl/N-ethyl adjacent to an activating group) is 2. The van der Waals surface area contributed by atoms with E-state index in [4.69, 9.17) is 0 Å². The minimum absolute atomic E-state index is 0.168. The van der Waals surface area contributed by atoms with Crippen LogP contribution in [0.25, 0.3) is 0 Å². The molecule has 0 aliphatic heterocycles. The molecule has 19 heavy (non-hydrogen) atoms. The number of benzene rings is 1. The maximum absolute atomic E-state index is 3.35. The summed E-state index contributed by atoms with van der Waals surface area (Å²) in [4.78, 5) is 2.46. The number of nitrogens with one attached hydrogen (secondary N) is 1. The lowest BCUT2D eigenvalue weighted by atomic mass is 9.81. The lowest BCUT2D eigenvalue weighted by Gasteiger charge is -2.34. The Balaban J connectivity index is 2.71. The third-order valence-corrected chi connectivity index (χ3v) is 3.74. The van der Waals surface area contributed by atoms with Gasteiger partial charge in [0.25, 0.3) is 0 Å². The molecule has 1 unspecified atom stereocenters. The fourth-order valence-electron chi connectivity index (χ4n) is 2.63. The third-order valence-electron chi connectivity index (χ3n) is 3.74. The van der Waals surface area contributed by atoms with E-state index in [9.17, 15) is 0 Å². The minimum Gasteiger partial charge on any atom is -0.319 e. The van der Waals surface area contributed by atoms with E-state index in [0.717, 1.165) is 19.0 Å². The van der Waals surface area contributed by atoms with Gasteiger partial charge in [0.2, 0.25) is 0 Å². The van der Waals surface area contributed by atoms with E-state index in [2.05, 4.69) is 68.4 Å². The van der Waals surface area contributed by atoms with Crippen molar-refractivity contribution in [3.8, 4) is 0 Å². The monoisotopic (exact) mass is 262 g/mol. The van der Waals surface area contributed by atoms with Crippen LogP contribution >= 0.6 is 0 Å². The maximum Gasteiger partial charge on any atom is 0.0176 e. The van der Waals surface area contributed by atoms with Crippen molar-refractivity contribution >= 4 is 0 Å². The summed E-state index contributed by atoms with van der Waals surface area (Å²) in [5.74, 6) is 0.773. The Hall–Kier alpha value is -0.860. The number of hydrogen-bond donors (Lipinski definition) is 1. The Morgan fingerprint density at radius 2 is 1.84 bits per heavy atom. The van der Waals surface area contributed by atoms with Crippen LogP contribution < -0.4 is 5.32 Å². The highest BCUT2D eigenvalue weighted by Gasteiger charge is 2.27. The van der Waals surface area contributed by atoms with Gasteiger partial charge in [-0.15, -0.1) is 0 Å². The van der Waals surface area contributed by atoms with E-state index < -0.39 is 0 Å². The van der Waals surface area contributed by atoms with Gasteiger partial charge in [0.05, 0.1) is 0 Å². The van der Waals surface area contributed by atoms with E-state index in [-0.39, 0.29) is 5.41 Å². The standard InChI is InChI=1S/C17H30N2/c1-15(2)11-12-19(5)14-17(3,13-18-4)16-9-7-6-8-10-16/h6-10,15,18H,11-14H2,1-5H3. The Bertz CT molecular complexity index is 348. The average molecular weight is 262 g/mol. The molecule has 2 nitrogen and oxygen atoms in total. The van der Waals surface area contributed by atoms with Gasteiger partial charge in [-0.1, -0.05) is 51.1 Å². The molecule has 108 valence electrons. The molecule has 0 fully saturated rings. The van der Waals surface area contributed by atoms with Gasteiger partial charge < -0.3 is 10.2 Å². The Labute approximate surface area is 119 Å². The first kappa shape index (κ1) is 16.2. The largest absolute Gasteiger partial charge is 0.319 e. The first-order valence-corrected chi connectivity index (χ1v) is 7.36. The summed E-state index contributed by atoms with van der Waals surface area (Å²) in [6.07, 6.45) is 1.26. The zero-order valence-electron chi connectivity index (χ0n) is 13.2. The van der Waals surface area contributed by atoms with E-state index in [0.29, 0.717) is 0 Å². The second-order valence-corrected chi connectivity index (χ2v) is 6.38. The highest BCUT2D eigenvalue weighted by molar-refractivity contribution is 5.25. The molecule has 0 saturated heterocycles. The van der Waals surface area contributed by atoms with E-state index in [1.165, 1.54) is 18.5 Å². The van der Waals surface area contributed by atoms with Crippen LogP contribution in [0.4, 0.5) is 0 Å². The molecule has 1 rings (SSSR count). The van der Waals surface area contributed by atoms with Crippen LogP contribution in [-0.4, -0.2) is 38.6 Å². The Kier molecular flexibility index (Phi) is 6.53. The Morgan fingerprint density at radius 3 is 2.37 bits per heavy atom. The van der Waals surface area contributed by atoms with E-state index in [1.807, 2.05) is 7.05 Å². The quantitative estimate of drug-likeness (QED) is 0.774. The van der Waals surface area contributed by atoms with Crippen molar-refractivity contribution in [1.29, 1.82) is 0 Å². The lowest BCUT2D eigenvalue weighted by Crippen LogP contribution is -2.44. The molecule has 0 spiro atoms. The highest BCUT2D eigenvalue weighted by atomic mass is 15.1. The van der Waals surface area contributed by atoms with E-state index >= 15 is 0 Å². The van der Waals surface area contributed by atoms with Crippen molar-refractivity contribution < 1.29 is 0 Å². The van der Waals surface area contributed by atoms with Crippen LogP contribution in [0.5, 0.6) is 0 Å². The molecule has 0 aliphatic rings. The molecule has 1 N–H and O–H groups in total. The number of rotatable bonds is 8. The van der Waals surface area contributed by atoms with Crippen molar-refractivity contribution in [2.24, 2.45) is 5.92 Å². The minimum atomic E-state index is 0.168. The third kappa shape index (κ3) is 5.33. The summed E-state index contributed by atoms with van der Waals surface area (Å²) >= 11 is 0. The second-order valence-electron chi connectivity index (χ2n) is 6.38. The molecule has 1 aromatic carbocycles. The topological polar surface area (TPSA) is 15.3 Å². The number of hydrogen-bond acceptors (Lipinski definition) is 2. The van der Waals surface area contributed by atoms with Crippen LogP contribution in [0.15, 0.2) is 30.3 Å². The van der Waals surface area contributed by atoms with Crippen molar-refractivity contribution in [2.75, 3.05) is 33.7 Å². The summed E-state index contributed by atoms with van der Waals surface area (Å²) in [7, 11) is 4.27. The van der Waals surface area contributed by atoms with Gasteiger partial charge in [0.1, 0.15) is 0 Å². The molecule has 0 bridgehead atoms. The Morgan fingerprint density at radius 1 is 1.21 bits per heavy atom. The molecule has 0 amide bonds. The fourth-order valence-corrected chi connectivity index (χ4v) is 2.63. The van der Waals surface area contributed by atoms with Gasteiger partial charge in [-0.3, -0.25) is 0 Å². The van der Waals surface area contributed by atoms with Crippen LogP contribution in [0.2, 0.25) is 0 Å². The van der Waals surface area contributed by atoms with Gasteiger partial charge in [-0.05, 0) is 38.5 Å². The van der Waals surface area contributed by atoms with Crippen LogP contribution in [-0.2, 0) is 5.41 Å². The predicted molar refractivity (Wildman–Crippen MR) is 84.7 cm³/mol. The summed E-state index contributed by atoms with van der Waals surface area (Å²) in [6, 6.07) is 10.8. The molecule has 0 aromatic heterocycles. The van der Waals surface area contributed by atoms with Crippen LogP contribution in [0, 0.1) is 5.92 Å². The molecular formula is C17H30N2. The summed E-state index contributed by atoms with van der Waals surface area (Å²) in [5, 5.41) is 3.35. The summed E-state index contributed by atoms with van der Waals surface area (Å²) in [5.41, 5.74) is 1.59. The summed E-state index contributed by atoms with van der Waals surface area (Å²) < 4.78 is 0. The zero-order valence-corrected chi connectivity index (χ0v) is 13.2. The molecule has 0 heterocycles. The average Bonchev–Trinajstić information content (AvgIpc) is 2.37. The molecule has 1 aromatic rings. The smallest absolute Gasteiger partial charge is 0.0176 e. The molecular weight excluding hydrogens is 232 g/mol. The first-order chi connectivity index (χ1) is 8.98. The van der Waals surface area contributed by atoms with Crippen molar-refractivity contribution in [1.82, 2.24) is 10.2 Å². The molecule has 0 saturated carbocycles. The van der Waals surface area contributed by atoms with Crippen molar-refractivity contribution in [3.05, 3.63) is 35.9 Å². The lowest BCUT2D eigenvalue weighted by molar-refractivity contribution is 0.241. The molecule has 2 heteroatoms. The zero-order chi connectivity index (χ0) is 14.3. The van der Waals surface area contributed by atoms with Gasteiger partial charge in [0.15, 0.2) is 0 Å². The molecule has 0 aliphatic carbocycles. The van der Waals surface area contributed by atoms with Gasteiger partial charge in [-0.2, -0.15) is 0 Å². The van der Waals surface area contributed by atoms with Gasteiger partial charge in [0, 0.05) is 18.5 Å². The van der Waals surface area contributed by atoms with Gasteiger partial charge >= 0.3 is 0 Å². The SMILES string of the molecule is CNCC(C)(CN(C)CCC(C)C)c1ccccc1. The maximum atomic E-state index is 3.35. The normalized spacial score (nSPS) is 14.9. The predicted octanol–water partition coefficient (Wildman–Crippen LogP) is 3.14. The molecule has 1 atom stereocenters. The van der Waals surface area contributed by atoms with Crippen LogP contribution in [0.3, 0.4) is 0 Å². The second kappa shape index (κ2) is 7.66. The summed E-state index contributed by atoms with van der Waals surface area (Å²) in [6.45, 7) is 10.2. The number of nitrogens with zero attached hydrogens (tertiary/aromatic N) is 1. The van der Waals surface area contributed by atoms with E-state index in [1.54, 1.807) is 0 Å². The van der Waals surface area contributed by atoms with Crippen molar-refractivity contribution in [3.63, 3.8) is 0 Å². The first-order valence-electron chi connectivity index (χ1n) is 7.36. The van der Waals surface area contributed by atoms with Crippen LogP contribution in [0.1, 0.15) is 32.8 Å². The molecule has 0 radical (unpaired) electrons. The van der Waals surface area contributed by atoms with Crippen molar-refractivity contribution in [2.45, 2.75) is 32.6 Å². The fraction of sp³-hybridized carbons (Fsp3) is 0.647. The highest BCUT2D eigenvalue weighted by Crippen LogP contribution is 2.24. The van der Waals surface area contributed by atoms with Gasteiger partial charge in [-0.25, -0.2) is 0 Å².